The molecule has 0 bridgehead atoms. The maximum atomic E-state index is 11.7. The van der Waals surface area contributed by atoms with Crippen molar-refractivity contribution >= 4 is 22.6 Å². The molecule has 1 heterocycles. The quantitative estimate of drug-likeness (QED) is 0.710. The van der Waals surface area contributed by atoms with E-state index in [1.807, 2.05) is 67.6 Å². The van der Waals surface area contributed by atoms with Crippen LogP contribution in [-0.2, 0) is 4.79 Å². The average molecular weight is 291 g/mol. The number of carbonyl (C=O) groups is 1. The molecule has 0 spiro atoms. The smallest absolute Gasteiger partial charge is 0.228 e. The van der Waals surface area contributed by atoms with E-state index in [4.69, 9.17) is 0 Å². The average Bonchev–Trinajstić information content (AvgIpc) is 2.97. The van der Waals surface area contributed by atoms with E-state index in [0.29, 0.717) is 6.42 Å². The lowest BCUT2D eigenvalue weighted by Crippen LogP contribution is -2.09. The number of amides is 1. The van der Waals surface area contributed by atoms with Crippen molar-refractivity contribution in [3.05, 3.63) is 60.7 Å². The van der Waals surface area contributed by atoms with Crippen molar-refractivity contribution in [2.45, 2.75) is 13.3 Å². The first-order valence-corrected chi connectivity index (χ1v) is 7.22. The zero-order valence-corrected chi connectivity index (χ0v) is 12.3. The molecular formula is C18H17N3O. The number of hydrogen-bond acceptors (Lipinski definition) is 2. The van der Waals surface area contributed by atoms with Gasteiger partial charge < -0.3 is 10.3 Å². The van der Waals surface area contributed by atoms with Crippen molar-refractivity contribution in [1.82, 2.24) is 9.97 Å². The van der Waals surface area contributed by atoms with Gasteiger partial charge in [0.15, 0.2) is 0 Å². The Balaban J connectivity index is 1.77. The first-order valence-electron chi connectivity index (χ1n) is 7.22. The lowest BCUT2D eigenvalue weighted by Gasteiger charge is -2.04. The second-order valence-corrected chi connectivity index (χ2v) is 5.00. The van der Waals surface area contributed by atoms with E-state index in [-0.39, 0.29) is 5.91 Å². The SMILES string of the molecule is C/C=C/CC(=O)Nc1ccc(-c2nc3ccccc3[nH]2)cc1. The molecule has 0 saturated carbocycles. The molecule has 0 aliphatic carbocycles. The predicted molar refractivity (Wildman–Crippen MR) is 89.6 cm³/mol. The number of H-pyrrole nitrogens is 1. The Kier molecular flexibility index (Phi) is 4.01. The van der Waals surface area contributed by atoms with Crippen molar-refractivity contribution < 1.29 is 4.79 Å². The molecule has 1 aromatic heterocycles. The van der Waals surface area contributed by atoms with Crippen molar-refractivity contribution in [3.63, 3.8) is 0 Å². The van der Waals surface area contributed by atoms with Gasteiger partial charge in [0.25, 0.3) is 0 Å². The second kappa shape index (κ2) is 6.26. The summed E-state index contributed by atoms with van der Waals surface area (Å²) in [6, 6.07) is 15.6. The van der Waals surface area contributed by atoms with Crippen LogP contribution < -0.4 is 5.32 Å². The van der Waals surface area contributed by atoms with Gasteiger partial charge in [0.2, 0.25) is 5.91 Å². The zero-order chi connectivity index (χ0) is 15.4. The maximum Gasteiger partial charge on any atom is 0.228 e. The number of imidazole rings is 1. The molecule has 2 N–H and O–H groups in total. The van der Waals surface area contributed by atoms with Crippen molar-refractivity contribution in [1.29, 1.82) is 0 Å². The molecule has 0 unspecified atom stereocenters. The summed E-state index contributed by atoms with van der Waals surface area (Å²) in [5, 5.41) is 2.86. The van der Waals surface area contributed by atoms with Gasteiger partial charge in [-0.1, -0.05) is 24.3 Å². The van der Waals surface area contributed by atoms with E-state index in [2.05, 4.69) is 15.3 Å². The summed E-state index contributed by atoms with van der Waals surface area (Å²) in [4.78, 5) is 19.5. The number of anilines is 1. The number of nitrogens with one attached hydrogen (secondary N) is 2. The summed E-state index contributed by atoms with van der Waals surface area (Å²) in [7, 11) is 0. The van der Waals surface area contributed by atoms with Crippen LogP contribution in [0.25, 0.3) is 22.4 Å². The number of aromatic nitrogens is 2. The highest BCUT2D eigenvalue weighted by molar-refractivity contribution is 5.92. The standard InChI is InChI=1S/C18H17N3O/c1-2-3-8-17(22)19-14-11-9-13(10-12-14)18-20-15-6-4-5-7-16(15)21-18/h2-7,9-12H,8H2,1H3,(H,19,22)(H,20,21)/b3-2+. The fourth-order valence-corrected chi connectivity index (χ4v) is 2.24. The van der Waals surface area contributed by atoms with E-state index in [9.17, 15) is 4.79 Å². The molecule has 110 valence electrons. The monoisotopic (exact) mass is 291 g/mol. The van der Waals surface area contributed by atoms with Crippen LogP contribution >= 0.6 is 0 Å². The summed E-state index contributed by atoms with van der Waals surface area (Å²) in [5.74, 6) is 0.808. The Bertz CT molecular complexity index is 783. The summed E-state index contributed by atoms with van der Waals surface area (Å²) in [6.45, 7) is 1.90. The Labute approximate surface area is 128 Å². The second-order valence-electron chi connectivity index (χ2n) is 5.00. The number of nitrogens with zero attached hydrogens (tertiary/aromatic N) is 1. The fraction of sp³-hybridized carbons (Fsp3) is 0.111. The molecule has 4 heteroatoms. The number of benzene rings is 2. The van der Waals surface area contributed by atoms with Gasteiger partial charge >= 0.3 is 0 Å². The molecule has 1 amide bonds. The summed E-state index contributed by atoms with van der Waals surface area (Å²) < 4.78 is 0. The van der Waals surface area contributed by atoms with Crippen LogP contribution in [0.2, 0.25) is 0 Å². The summed E-state index contributed by atoms with van der Waals surface area (Å²) in [6.07, 6.45) is 4.09. The topological polar surface area (TPSA) is 57.8 Å². The third kappa shape index (κ3) is 3.06. The first kappa shape index (κ1) is 14.1. The third-order valence-corrected chi connectivity index (χ3v) is 3.37. The predicted octanol–water partition coefficient (Wildman–Crippen LogP) is 4.13. The van der Waals surface area contributed by atoms with Crippen molar-refractivity contribution in [2.24, 2.45) is 0 Å². The molecule has 0 aliphatic rings. The molecule has 22 heavy (non-hydrogen) atoms. The Morgan fingerprint density at radius 2 is 1.95 bits per heavy atom. The highest BCUT2D eigenvalue weighted by atomic mass is 16.1. The molecular weight excluding hydrogens is 274 g/mol. The molecule has 3 aromatic rings. The van der Waals surface area contributed by atoms with E-state index in [1.165, 1.54) is 0 Å². The molecule has 0 aliphatic heterocycles. The number of carbonyl (C=O) groups excluding carboxylic acids is 1. The first-order chi connectivity index (χ1) is 10.8. The fourth-order valence-electron chi connectivity index (χ4n) is 2.24. The van der Waals surface area contributed by atoms with Crippen LogP contribution in [0, 0.1) is 0 Å². The number of allylic oxidation sites excluding steroid dienone is 1. The third-order valence-electron chi connectivity index (χ3n) is 3.37. The van der Waals surface area contributed by atoms with Crippen molar-refractivity contribution in [2.75, 3.05) is 5.32 Å². The molecule has 0 radical (unpaired) electrons. The highest BCUT2D eigenvalue weighted by Crippen LogP contribution is 2.22. The number of hydrogen-bond donors (Lipinski definition) is 2. The van der Waals surface area contributed by atoms with Gasteiger partial charge in [0, 0.05) is 17.7 Å². The van der Waals surface area contributed by atoms with Gasteiger partial charge in [-0.2, -0.15) is 0 Å². The summed E-state index contributed by atoms with van der Waals surface area (Å²) >= 11 is 0. The van der Waals surface area contributed by atoms with Crippen LogP contribution in [0.4, 0.5) is 5.69 Å². The minimum absolute atomic E-state index is 0.0189. The maximum absolute atomic E-state index is 11.7. The van der Waals surface area contributed by atoms with Gasteiger partial charge in [-0.25, -0.2) is 4.98 Å². The minimum Gasteiger partial charge on any atom is -0.338 e. The van der Waals surface area contributed by atoms with E-state index in [0.717, 1.165) is 28.1 Å². The highest BCUT2D eigenvalue weighted by Gasteiger charge is 2.05. The molecule has 0 atom stereocenters. The molecule has 3 rings (SSSR count). The lowest BCUT2D eigenvalue weighted by molar-refractivity contribution is -0.115. The number of rotatable bonds is 4. The van der Waals surface area contributed by atoms with E-state index < -0.39 is 0 Å². The Hall–Kier alpha value is -2.88. The molecule has 4 nitrogen and oxygen atoms in total. The van der Waals surface area contributed by atoms with Gasteiger partial charge in [0.05, 0.1) is 11.0 Å². The van der Waals surface area contributed by atoms with Gasteiger partial charge in [-0.3, -0.25) is 4.79 Å². The van der Waals surface area contributed by atoms with E-state index in [1.54, 1.807) is 0 Å². The Morgan fingerprint density at radius 1 is 1.18 bits per heavy atom. The lowest BCUT2D eigenvalue weighted by atomic mass is 10.2. The van der Waals surface area contributed by atoms with Gasteiger partial charge in [-0.15, -0.1) is 0 Å². The van der Waals surface area contributed by atoms with Crippen LogP contribution in [0.1, 0.15) is 13.3 Å². The van der Waals surface area contributed by atoms with E-state index >= 15 is 0 Å². The van der Waals surface area contributed by atoms with Gasteiger partial charge in [0.1, 0.15) is 5.82 Å². The number of para-hydroxylation sites is 2. The van der Waals surface area contributed by atoms with Gasteiger partial charge in [-0.05, 0) is 43.3 Å². The minimum atomic E-state index is -0.0189. The summed E-state index contributed by atoms with van der Waals surface area (Å²) in [5.41, 5.74) is 3.74. The Morgan fingerprint density at radius 3 is 2.68 bits per heavy atom. The normalized spacial score (nSPS) is 11.1. The molecule has 2 aromatic carbocycles. The number of fused-ring (bicyclic) bond motifs is 1. The van der Waals surface area contributed by atoms with Crippen LogP contribution in [0.5, 0.6) is 0 Å². The largest absolute Gasteiger partial charge is 0.338 e. The molecule has 0 saturated heterocycles. The van der Waals surface area contributed by atoms with Crippen LogP contribution in [-0.4, -0.2) is 15.9 Å². The zero-order valence-electron chi connectivity index (χ0n) is 12.3. The molecule has 0 fully saturated rings. The van der Waals surface area contributed by atoms with Crippen LogP contribution in [0.15, 0.2) is 60.7 Å². The number of aromatic amines is 1. The van der Waals surface area contributed by atoms with Crippen molar-refractivity contribution in [3.8, 4) is 11.4 Å². The van der Waals surface area contributed by atoms with Crippen LogP contribution in [0.3, 0.4) is 0 Å².